The molecule has 6 nitrogen and oxygen atoms in total. The molecule has 8 heteroatoms. The molecule has 158 valence electrons. The van der Waals surface area contributed by atoms with E-state index < -0.39 is 10.0 Å². The van der Waals surface area contributed by atoms with Gasteiger partial charge in [-0.3, -0.25) is 4.99 Å². The first-order chi connectivity index (χ1) is 13.1. The standard InChI is InChI=1S/C20H33FN4O2S/c1-5-22-19(23-14-16-9-11-25(12-10-16)28(4,26)27)24-15-20(2,3)17-7-6-8-18(21)13-17/h6-8,13,16H,5,9-12,14-15H2,1-4H3,(H2,22,23,24). The van der Waals surface area contributed by atoms with E-state index in [0.29, 0.717) is 25.6 Å². The zero-order chi connectivity index (χ0) is 20.8. The van der Waals surface area contributed by atoms with Gasteiger partial charge in [0.2, 0.25) is 10.0 Å². The van der Waals surface area contributed by atoms with Gasteiger partial charge in [-0.05, 0) is 43.4 Å². The van der Waals surface area contributed by atoms with Crippen molar-refractivity contribution in [3.63, 3.8) is 0 Å². The average molecular weight is 413 g/mol. The van der Waals surface area contributed by atoms with E-state index in [0.717, 1.165) is 37.5 Å². The molecule has 1 fully saturated rings. The summed E-state index contributed by atoms with van der Waals surface area (Å²) in [5, 5.41) is 6.63. The Bertz CT molecular complexity index is 772. The van der Waals surface area contributed by atoms with Crippen LogP contribution in [0.15, 0.2) is 29.3 Å². The van der Waals surface area contributed by atoms with Gasteiger partial charge in [-0.2, -0.15) is 0 Å². The Morgan fingerprint density at radius 2 is 1.96 bits per heavy atom. The summed E-state index contributed by atoms with van der Waals surface area (Å²) in [5.41, 5.74) is 0.630. The van der Waals surface area contributed by atoms with Crippen LogP contribution in [0, 0.1) is 11.7 Å². The summed E-state index contributed by atoms with van der Waals surface area (Å²) < 4.78 is 38.3. The number of nitrogens with zero attached hydrogens (tertiary/aromatic N) is 2. The van der Waals surface area contributed by atoms with Crippen molar-refractivity contribution >= 4 is 16.0 Å². The minimum Gasteiger partial charge on any atom is -0.357 e. The summed E-state index contributed by atoms with van der Waals surface area (Å²) in [5.74, 6) is 0.913. The van der Waals surface area contributed by atoms with Gasteiger partial charge in [0.05, 0.1) is 12.8 Å². The van der Waals surface area contributed by atoms with Gasteiger partial charge >= 0.3 is 0 Å². The van der Waals surface area contributed by atoms with E-state index in [1.165, 1.54) is 12.3 Å². The van der Waals surface area contributed by atoms with Crippen LogP contribution >= 0.6 is 0 Å². The summed E-state index contributed by atoms with van der Waals surface area (Å²) in [6.07, 6.45) is 2.95. The second-order valence-corrected chi connectivity index (χ2v) is 10.1. The minimum absolute atomic E-state index is 0.236. The summed E-state index contributed by atoms with van der Waals surface area (Å²) in [6, 6.07) is 6.66. The highest BCUT2D eigenvalue weighted by Crippen LogP contribution is 2.24. The first-order valence-electron chi connectivity index (χ1n) is 9.85. The predicted molar refractivity (Wildman–Crippen MR) is 113 cm³/mol. The molecule has 1 aromatic carbocycles. The van der Waals surface area contributed by atoms with Crippen molar-refractivity contribution in [2.24, 2.45) is 10.9 Å². The molecule has 0 amide bonds. The Hall–Kier alpha value is -1.67. The van der Waals surface area contributed by atoms with Gasteiger partial charge in [0, 0.05) is 31.6 Å². The molecule has 2 rings (SSSR count). The van der Waals surface area contributed by atoms with Crippen molar-refractivity contribution in [3.8, 4) is 0 Å². The summed E-state index contributed by atoms with van der Waals surface area (Å²) in [7, 11) is -3.09. The number of nitrogens with one attached hydrogen (secondary N) is 2. The third-order valence-corrected chi connectivity index (χ3v) is 6.49. The number of hydrogen-bond acceptors (Lipinski definition) is 3. The zero-order valence-electron chi connectivity index (χ0n) is 17.3. The van der Waals surface area contributed by atoms with Crippen molar-refractivity contribution in [1.29, 1.82) is 0 Å². The molecule has 2 N–H and O–H groups in total. The topological polar surface area (TPSA) is 73.8 Å². The molecule has 1 aliphatic heterocycles. The van der Waals surface area contributed by atoms with Gasteiger partial charge in [0.25, 0.3) is 0 Å². The first-order valence-corrected chi connectivity index (χ1v) is 11.7. The Morgan fingerprint density at radius 1 is 1.29 bits per heavy atom. The molecule has 1 aromatic rings. The van der Waals surface area contributed by atoms with E-state index in [1.54, 1.807) is 16.4 Å². The number of halogens is 1. The lowest BCUT2D eigenvalue weighted by Crippen LogP contribution is -2.44. The lowest BCUT2D eigenvalue weighted by Gasteiger charge is -2.30. The second-order valence-electron chi connectivity index (χ2n) is 8.08. The van der Waals surface area contributed by atoms with Crippen molar-refractivity contribution in [3.05, 3.63) is 35.6 Å². The molecule has 0 unspecified atom stereocenters. The molecule has 1 heterocycles. The van der Waals surface area contributed by atoms with Crippen LogP contribution in [0.4, 0.5) is 4.39 Å². The van der Waals surface area contributed by atoms with Gasteiger partial charge < -0.3 is 10.6 Å². The number of guanidine groups is 1. The van der Waals surface area contributed by atoms with Crippen LogP contribution in [0.25, 0.3) is 0 Å². The SMILES string of the molecule is CCNC(=NCC(C)(C)c1cccc(F)c1)NCC1CCN(S(C)(=O)=O)CC1. The molecule has 0 saturated carbocycles. The second kappa shape index (κ2) is 9.69. The molecule has 1 aliphatic rings. The lowest BCUT2D eigenvalue weighted by atomic mass is 9.85. The quantitative estimate of drug-likeness (QED) is 0.533. The highest BCUT2D eigenvalue weighted by Gasteiger charge is 2.25. The van der Waals surface area contributed by atoms with E-state index in [9.17, 15) is 12.8 Å². The van der Waals surface area contributed by atoms with Crippen molar-refractivity contribution in [2.45, 2.75) is 39.0 Å². The van der Waals surface area contributed by atoms with Crippen LogP contribution in [-0.2, 0) is 15.4 Å². The van der Waals surface area contributed by atoms with Gasteiger partial charge in [-0.1, -0.05) is 26.0 Å². The zero-order valence-corrected chi connectivity index (χ0v) is 18.2. The van der Waals surface area contributed by atoms with Gasteiger partial charge in [-0.25, -0.2) is 17.1 Å². The highest BCUT2D eigenvalue weighted by molar-refractivity contribution is 7.88. The molecule has 28 heavy (non-hydrogen) atoms. The Balaban J connectivity index is 1.92. The maximum absolute atomic E-state index is 13.5. The van der Waals surface area contributed by atoms with Crippen LogP contribution in [0.5, 0.6) is 0 Å². The molecule has 0 bridgehead atoms. The first kappa shape index (κ1) is 22.6. The summed E-state index contributed by atoms with van der Waals surface area (Å²) in [6.45, 7) is 9.29. The molecular formula is C20H33FN4O2S. The molecule has 0 aliphatic carbocycles. The molecule has 1 saturated heterocycles. The van der Waals surface area contributed by atoms with Crippen LogP contribution < -0.4 is 10.6 Å². The van der Waals surface area contributed by atoms with Crippen LogP contribution in [0.1, 0.15) is 39.2 Å². The number of rotatable bonds is 7. The largest absolute Gasteiger partial charge is 0.357 e. The number of benzene rings is 1. The van der Waals surface area contributed by atoms with Gasteiger partial charge in [-0.15, -0.1) is 0 Å². The number of piperidine rings is 1. The third-order valence-electron chi connectivity index (χ3n) is 5.18. The van der Waals surface area contributed by atoms with E-state index in [4.69, 9.17) is 4.99 Å². The van der Waals surface area contributed by atoms with Crippen LogP contribution in [-0.4, -0.2) is 57.7 Å². The van der Waals surface area contributed by atoms with Crippen LogP contribution in [0.3, 0.4) is 0 Å². The van der Waals surface area contributed by atoms with E-state index >= 15 is 0 Å². The maximum atomic E-state index is 13.5. The number of aliphatic imine (C=N–C) groups is 1. The Kier molecular flexibility index (Phi) is 7.83. The molecular weight excluding hydrogens is 379 g/mol. The monoisotopic (exact) mass is 412 g/mol. The fourth-order valence-electron chi connectivity index (χ4n) is 3.31. The van der Waals surface area contributed by atoms with E-state index in [1.807, 2.05) is 13.0 Å². The molecule has 0 atom stereocenters. The van der Waals surface area contributed by atoms with Gasteiger partial charge in [0.1, 0.15) is 5.82 Å². The van der Waals surface area contributed by atoms with Crippen molar-refractivity contribution in [1.82, 2.24) is 14.9 Å². The van der Waals surface area contributed by atoms with E-state index in [2.05, 4.69) is 24.5 Å². The molecule has 0 radical (unpaired) electrons. The number of sulfonamides is 1. The van der Waals surface area contributed by atoms with E-state index in [-0.39, 0.29) is 11.2 Å². The van der Waals surface area contributed by atoms with Crippen LogP contribution in [0.2, 0.25) is 0 Å². The fraction of sp³-hybridized carbons (Fsp3) is 0.650. The average Bonchev–Trinajstić information content (AvgIpc) is 2.63. The highest BCUT2D eigenvalue weighted by atomic mass is 32.2. The molecule has 0 aromatic heterocycles. The van der Waals surface area contributed by atoms with Crippen molar-refractivity contribution in [2.75, 3.05) is 39.0 Å². The molecule has 0 spiro atoms. The predicted octanol–water partition coefficient (Wildman–Crippen LogP) is 2.33. The third kappa shape index (κ3) is 6.74. The Labute approximate surface area is 168 Å². The summed E-state index contributed by atoms with van der Waals surface area (Å²) in [4.78, 5) is 4.70. The maximum Gasteiger partial charge on any atom is 0.211 e. The lowest BCUT2D eigenvalue weighted by molar-refractivity contribution is 0.274. The smallest absolute Gasteiger partial charge is 0.211 e. The normalized spacial score (nSPS) is 17.5. The van der Waals surface area contributed by atoms with Crippen molar-refractivity contribution < 1.29 is 12.8 Å². The number of hydrogen-bond donors (Lipinski definition) is 2. The summed E-state index contributed by atoms with van der Waals surface area (Å²) >= 11 is 0. The minimum atomic E-state index is -3.09. The Morgan fingerprint density at radius 3 is 2.54 bits per heavy atom. The van der Waals surface area contributed by atoms with Gasteiger partial charge in [0.15, 0.2) is 5.96 Å². The fourth-order valence-corrected chi connectivity index (χ4v) is 4.18.